The van der Waals surface area contributed by atoms with Crippen molar-refractivity contribution < 1.29 is 9.18 Å². The maximum Gasteiger partial charge on any atom is 0.334 e. The summed E-state index contributed by atoms with van der Waals surface area (Å²) < 4.78 is 15.1. The summed E-state index contributed by atoms with van der Waals surface area (Å²) in [7, 11) is 0. The Morgan fingerprint density at radius 3 is 3.08 bits per heavy atom. The molecular weight excluding hydrogens is 327 g/mol. The Morgan fingerprint density at radius 1 is 1.29 bits per heavy atom. The summed E-state index contributed by atoms with van der Waals surface area (Å²) in [5.41, 5.74) is 5.21. The van der Waals surface area contributed by atoms with Crippen LogP contribution in [0.15, 0.2) is 53.7 Å². The van der Waals surface area contributed by atoms with Gasteiger partial charge in [-0.1, -0.05) is 12.1 Å². The van der Waals surface area contributed by atoms with Gasteiger partial charge in [-0.25, -0.2) is 24.3 Å². The van der Waals surface area contributed by atoms with E-state index in [1.54, 1.807) is 28.8 Å². The number of thioether (sulfide) groups is 1. The second kappa shape index (κ2) is 6.16. The second-order valence-corrected chi connectivity index (χ2v) is 6.70. The van der Waals surface area contributed by atoms with Crippen LogP contribution in [0.5, 0.6) is 0 Å². The highest BCUT2D eigenvalue weighted by atomic mass is 32.2. The van der Waals surface area contributed by atoms with E-state index < -0.39 is 0 Å². The lowest BCUT2D eigenvalue weighted by Crippen LogP contribution is -2.37. The highest BCUT2D eigenvalue weighted by Crippen LogP contribution is 2.36. The SMILES string of the molecule is O=C(N[C@H]1CCSc2ccc(F)cc21)Nn1cnc2ccccc21. The van der Waals surface area contributed by atoms with Crippen molar-refractivity contribution in [2.24, 2.45) is 0 Å². The van der Waals surface area contributed by atoms with Gasteiger partial charge in [0.2, 0.25) is 0 Å². The van der Waals surface area contributed by atoms with E-state index in [2.05, 4.69) is 15.7 Å². The first-order chi connectivity index (χ1) is 11.7. The van der Waals surface area contributed by atoms with E-state index in [0.29, 0.717) is 0 Å². The van der Waals surface area contributed by atoms with Gasteiger partial charge in [0.15, 0.2) is 0 Å². The Hall–Kier alpha value is -2.54. The van der Waals surface area contributed by atoms with Crippen molar-refractivity contribution in [3.8, 4) is 0 Å². The zero-order valence-electron chi connectivity index (χ0n) is 12.7. The lowest BCUT2D eigenvalue weighted by Gasteiger charge is -2.26. The van der Waals surface area contributed by atoms with Crippen molar-refractivity contribution in [1.82, 2.24) is 15.0 Å². The minimum atomic E-state index is -0.342. The van der Waals surface area contributed by atoms with Gasteiger partial charge < -0.3 is 5.32 Å². The van der Waals surface area contributed by atoms with Gasteiger partial charge in [-0.05, 0) is 42.3 Å². The number of hydrogen-bond donors (Lipinski definition) is 2. The molecule has 1 aromatic heterocycles. The normalized spacial score (nSPS) is 16.6. The van der Waals surface area contributed by atoms with Crippen molar-refractivity contribution in [1.29, 1.82) is 0 Å². The molecule has 2 heterocycles. The van der Waals surface area contributed by atoms with Gasteiger partial charge in [0.1, 0.15) is 12.1 Å². The Morgan fingerprint density at radius 2 is 2.17 bits per heavy atom. The Bertz CT molecular complexity index is 910. The molecule has 0 saturated carbocycles. The smallest absolute Gasteiger partial charge is 0.330 e. The van der Waals surface area contributed by atoms with E-state index >= 15 is 0 Å². The Kier molecular flexibility index (Phi) is 3.86. The van der Waals surface area contributed by atoms with Gasteiger partial charge in [-0.3, -0.25) is 0 Å². The summed E-state index contributed by atoms with van der Waals surface area (Å²) >= 11 is 1.68. The number of carbonyl (C=O) groups is 1. The molecule has 2 N–H and O–H groups in total. The molecule has 0 radical (unpaired) electrons. The number of aromatic nitrogens is 2. The maximum absolute atomic E-state index is 13.5. The van der Waals surface area contributed by atoms with Gasteiger partial charge in [-0.2, -0.15) is 0 Å². The third-order valence-corrected chi connectivity index (χ3v) is 5.11. The molecule has 4 rings (SSSR count). The predicted octanol–water partition coefficient (Wildman–Crippen LogP) is 3.67. The number of carbonyl (C=O) groups excluding carboxylic acids is 1. The number of para-hydroxylation sites is 2. The summed E-state index contributed by atoms with van der Waals surface area (Å²) in [6.45, 7) is 0. The number of nitrogens with one attached hydrogen (secondary N) is 2. The first kappa shape index (κ1) is 15.0. The molecule has 5 nitrogen and oxygen atoms in total. The third-order valence-electron chi connectivity index (χ3n) is 3.99. The zero-order chi connectivity index (χ0) is 16.5. The van der Waals surface area contributed by atoms with Crippen LogP contribution in [-0.4, -0.2) is 21.4 Å². The molecule has 0 bridgehead atoms. The second-order valence-electron chi connectivity index (χ2n) is 5.56. The molecule has 1 aliphatic heterocycles. The molecule has 1 aliphatic rings. The molecule has 0 aliphatic carbocycles. The molecule has 2 amide bonds. The number of imidazole rings is 1. The standard InChI is InChI=1S/C17H15FN4OS/c18-11-5-6-16-12(9-11)13(7-8-24-16)20-17(23)21-22-10-19-14-3-1-2-4-15(14)22/h1-6,9-10,13H,7-8H2,(H2,20,21,23)/t13-/m0/s1. The van der Waals surface area contributed by atoms with Crippen molar-refractivity contribution in [3.63, 3.8) is 0 Å². The molecular formula is C17H15FN4OS. The van der Waals surface area contributed by atoms with E-state index in [-0.39, 0.29) is 17.9 Å². The summed E-state index contributed by atoms with van der Waals surface area (Å²) in [6, 6.07) is 11.7. The highest BCUT2D eigenvalue weighted by Gasteiger charge is 2.23. The fraction of sp³-hybridized carbons (Fsp3) is 0.176. The van der Waals surface area contributed by atoms with Gasteiger partial charge in [-0.15, -0.1) is 11.8 Å². The van der Waals surface area contributed by atoms with Crippen molar-refractivity contribution in [2.75, 3.05) is 11.2 Å². The van der Waals surface area contributed by atoms with Crippen LogP contribution >= 0.6 is 11.8 Å². The van der Waals surface area contributed by atoms with E-state index in [0.717, 1.165) is 33.7 Å². The number of halogens is 1. The van der Waals surface area contributed by atoms with E-state index in [9.17, 15) is 9.18 Å². The van der Waals surface area contributed by atoms with Crippen LogP contribution in [-0.2, 0) is 0 Å². The minimum Gasteiger partial charge on any atom is -0.330 e. The average Bonchev–Trinajstić information content (AvgIpc) is 2.98. The van der Waals surface area contributed by atoms with Crippen LogP contribution < -0.4 is 10.7 Å². The zero-order valence-corrected chi connectivity index (χ0v) is 13.5. The lowest BCUT2D eigenvalue weighted by atomic mass is 10.0. The number of urea groups is 1. The first-order valence-electron chi connectivity index (χ1n) is 7.62. The number of benzene rings is 2. The topological polar surface area (TPSA) is 59.0 Å². The van der Waals surface area contributed by atoms with Crippen LogP contribution in [0.2, 0.25) is 0 Å². The molecule has 0 saturated heterocycles. The maximum atomic E-state index is 13.5. The van der Waals surface area contributed by atoms with Crippen molar-refractivity contribution in [3.05, 3.63) is 60.2 Å². The molecule has 1 atom stereocenters. The van der Waals surface area contributed by atoms with Gasteiger partial charge in [0, 0.05) is 10.6 Å². The lowest BCUT2D eigenvalue weighted by molar-refractivity contribution is 0.245. The van der Waals surface area contributed by atoms with E-state index in [4.69, 9.17) is 0 Å². The van der Waals surface area contributed by atoms with Crippen molar-refractivity contribution in [2.45, 2.75) is 17.4 Å². The molecule has 24 heavy (non-hydrogen) atoms. The minimum absolute atomic E-state index is 0.202. The van der Waals surface area contributed by atoms with Crippen LogP contribution in [0.1, 0.15) is 18.0 Å². The number of fused-ring (bicyclic) bond motifs is 2. The number of rotatable bonds is 2. The quantitative estimate of drug-likeness (QED) is 0.747. The van der Waals surface area contributed by atoms with E-state index in [1.165, 1.54) is 12.1 Å². The van der Waals surface area contributed by atoms with Crippen LogP contribution in [0, 0.1) is 5.82 Å². The summed E-state index contributed by atoms with van der Waals surface area (Å²) in [4.78, 5) is 17.6. The van der Waals surface area contributed by atoms with Gasteiger partial charge in [0.05, 0.1) is 17.1 Å². The molecule has 0 fully saturated rings. The average molecular weight is 342 g/mol. The molecule has 2 aromatic carbocycles. The van der Waals surface area contributed by atoms with Gasteiger partial charge >= 0.3 is 6.03 Å². The largest absolute Gasteiger partial charge is 0.334 e. The number of amides is 2. The summed E-state index contributed by atoms with van der Waals surface area (Å²) in [6.07, 6.45) is 2.33. The summed E-state index contributed by atoms with van der Waals surface area (Å²) in [5.74, 6) is 0.599. The van der Waals surface area contributed by atoms with Crippen LogP contribution in [0.3, 0.4) is 0 Å². The molecule has 0 spiro atoms. The fourth-order valence-corrected chi connectivity index (χ4v) is 3.97. The fourth-order valence-electron chi connectivity index (χ4n) is 2.86. The highest BCUT2D eigenvalue weighted by molar-refractivity contribution is 7.99. The predicted molar refractivity (Wildman–Crippen MR) is 92.1 cm³/mol. The van der Waals surface area contributed by atoms with Crippen LogP contribution in [0.4, 0.5) is 9.18 Å². The summed E-state index contributed by atoms with van der Waals surface area (Å²) in [5, 5.41) is 2.93. The van der Waals surface area contributed by atoms with Crippen molar-refractivity contribution >= 4 is 28.8 Å². The Balaban J connectivity index is 1.52. The number of nitrogens with zero attached hydrogens (tertiary/aromatic N) is 2. The Labute approximate surface area is 142 Å². The monoisotopic (exact) mass is 342 g/mol. The third kappa shape index (κ3) is 2.82. The van der Waals surface area contributed by atoms with E-state index in [1.807, 2.05) is 24.3 Å². The number of hydrogen-bond acceptors (Lipinski definition) is 3. The first-order valence-corrected chi connectivity index (χ1v) is 8.61. The van der Waals surface area contributed by atoms with Crippen LogP contribution in [0.25, 0.3) is 11.0 Å². The molecule has 7 heteroatoms. The molecule has 3 aromatic rings. The van der Waals surface area contributed by atoms with Gasteiger partial charge in [0.25, 0.3) is 0 Å². The molecule has 122 valence electrons. The molecule has 0 unspecified atom stereocenters.